The number of fused-ring (bicyclic) bond motifs is 2. The normalized spacial score (nSPS) is 16.0. The number of carboxylic acid groups (broad SMARTS) is 1. The maximum absolute atomic E-state index is 14.7. The van der Waals surface area contributed by atoms with Gasteiger partial charge in [-0.05, 0) is 36.1 Å². The van der Waals surface area contributed by atoms with Crippen molar-refractivity contribution in [1.29, 1.82) is 0 Å². The van der Waals surface area contributed by atoms with Gasteiger partial charge in [0.2, 0.25) is 29.5 Å². The third-order valence-electron chi connectivity index (χ3n) is 11.8. The maximum atomic E-state index is 14.7. The Morgan fingerprint density at radius 3 is 1.53 bits per heavy atom. The molecular formula is C45H50N14O7. The van der Waals surface area contributed by atoms with Gasteiger partial charge in [-0.1, -0.05) is 36.4 Å². The first kappa shape index (κ1) is 44.5. The van der Waals surface area contributed by atoms with Crippen molar-refractivity contribution in [3.8, 4) is 0 Å². The summed E-state index contributed by atoms with van der Waals surface area (Å²) in [6.07, 6.45) is 13.0. The smallest absolute Gasteiger partial charge is 0.326 e. The molecule has 66 heavy (non-hydrogen) atoms. The fraction of sp³-hybridized carbons (Fsp3) is 0.311. The highest BCUT2D eigenvalue weighted by molar-refractivity contribution is 5.97. The molecular weight excluding hydrogens is 849 g/mol. The molecule has 21 nitrogen and oxygen atoms in total. The van der Waals surface area contributed by atoms with Gasteiger partial charge < -0.3 is 61.9 Å². The van der Waals surface area contributed by atoms with Gasteiger partial charge >= 0.3 is 5.97 Å². The van der Waals surface area contributed by atoms with Crippen LogP contribution in [0.15, 0.2) is 98.5 Å². The lowest BCUT2D eigenvalue weighted by atomic mass is 10.0. The summed E-state index contributed by atoms with van der Waals surface area (Å²) in [5, 5.41) is 22.8. The second-order valence-electron chi connectivity index (χ2n) is 16.3. The van der Waals surface area contributed by atoms with Crippen LogP contribution in [-0.2, 0) is 60.9 Å². The third kappa shape index (κ3) is 10.5. The van der Waals surface area contributed by atoms with Crippen molar-refractivity contribution in [1.82, 2.24) is 66.0 Å². The van der Waals surface area contributed by atoms with Gasteiger partial charge in [-0.15, -0.1) is 0 Å². The summed E-state index contributed by atoms with van der Waals surface area (Å²) in [7, 11) is 0. The molecule has 0 aliphatic carbocycles. The molecule has 6 unspecified atom stereocenters. The van der Waals surface area contributed by atoms with E-state index in [0.717, 1.165) is 27.4 Å². The molecule has 342 valence electrons. The Bertz CT molecular complexity index is 2780. The molecule has 0 saturated carbocycles. The van der Waals surface area contributed by atoms with Gasteiger partial charge in [-0.3, -0.25) is 24.0 Å². The van der Waals surface area contributed by atoms with Gasteiger partial charge in [0, 0.05) is 109 Å². The molecule has 1 aliphatic rings. The molecule has 5 amide bonds. The summed E-state index contributed by atoms with van der Waals surface area (Å²) < 4.78 is 0. The van der Waals surface area contributed by atoms with Crippen LogP contribution >= 0.6 is 0 Å². The number of aliphatic carboxylic acids is 1. The number of carboxylic acids is 1. The fourth-order valence-electron chi connectivity index (χ4n) is 8.41. The topological polar surface area (TPSA) is 318 Å². The summed E-state index contributed by atoms with van der Waals surface area (Å²) in [4.78, 5) is 112. The van der Waals surface area contributed by atoms with E-state index >= 15 is 0 Å². The largest absolute Gasteiger partial charge is 0.480 e. The van der Waals surface area contributed by atoms with Crippen molar-refractivity contribution in [2.75, 3.05) is 6.54 Å². The van der Waals surface area contributed by atoms with Crippen molar-refractivity contribution in [3.63, 3.8) is 0 Å². The van der Waals surface area contributed by atoms with Crippen molar-refractivity contribution in [2.45, 2.75) is 81.2 Å². The number of H-pyrrole nitrogens is 5. The Kier molecular flexibility index (Phi) is 13.6. The zero-order chi connectivity index (χ0) is 46.2. The summed E-state index contributed by atoms with van der Waals surface area (Å²) in [5.41, 5.74) is 10.9. The number of nitrogens with two attached hydrogens (primary N) is 1. The number of carbonyl (C=O) groups is 6. The van der Waals surface area contributed by atoms with Crippen molar-refractivity contribution in [2.24, 2.45) is 5.73 Å². The molecule has 21 heteroatoms. The number of para-hydroxylation sites is 2. The second-order valence-corrected chi connectivity index (χ2v) is 16.3. The van der Waals surface area contributed by atoms with Gasteiger partial charge in [-0.2, -0.15) is 0 Å². The van der Waals surface area contributed by atoms with Crippen LogP contribution in [0.5, 0.6) is 0 Å². The van der Waals surface area contributed by atoms with Crippen LogP contribution in [0, 0.1) is 0 Å². The molecule has 5 aromatic heterocycles. The average Bonchev–Trinajstić information content (AvgIpc) is 4.18. The first-order valence-electron chi connectivity index (χ1n) is 21.5. The number of nitrogens with zero attached hydrogens (tertiary/aromatic N) is 4. The number of likely N-dealkylation sites (tertiary alicyclic amines) is 1. The van der Waals surface area contributed by atoms with Gasteiger partial charge in [0.15, 0.2) is 0 Å². The maximum Gasteiger partial charge on any atom is 0.326 e. The van der Waals surface area contributed by atoms with E-state index in [4.69, 9.17) is 5.73 Å². The fourth-order valence-corrected chi connectivity index (χ4v) is 8.41. The van der Waals surface area contributed by atoms with E-state index in [1.54, 1.807) is 18.6 Å². The number of benzene rings is 2. The number of carbonyl (C=O) groups excluding carboxylic acids is 5. The van der Waals surface area contributed by atoms with Gasteiger partial charge in [0.1, 0.15) is 30.2 Å². The van der Waals surface area contributed by atoms with E-state index in [2.05, 4.69) is 61.1 Å². The first-order valence-corrected chi connectivity index (χ1v) is 21.5. The number of nitrogens with one attached hydrogen (secondary N) is 9. The van der Waals surface area contributed by atoms with E-state index in [0.29, 0.717) is 29.1 Å². The molecule has 12 N–H and O–H groups in total. The summed E-state index contributed by atoms with van der Waals surface area (Å²) >= 11 is 0. The molecule has 8 rings (SSSR count). The minimum Gasteiger partial charge on any atom is -0.480 e. The second kappa shape index (κ2) is 20.2. The highest BCUT2D eigenvalue weighted by Crippen LogP contribution is 2.23. The lowest BCUT2D eigenvalue weighted by Gasteiger charge is -2.29. The van der Waals surface area contributed by atoms with Gasteiger partial charge in [0.25, 0.3) is 0 Å². The molecule has 0 bridgehead atoms. The molecule has 1 saturated heterocycles. The zero-order valence-electron chi connectivity index (χ0n) is 35.6. The predicted molar refractivity (Wildman–Crippen MR) is 239 cm³/mol. The van der Waals surface area contributed by atoms with Crippen molar-refractivity contribution >= 4 is 57.3 Å². The molecule has 6 atom stereocenters. The van der Waals surface area contributed by atoms with Crippen LogP contribution in [0.1, 0.15) is 41.1 Å². The number of aromatic amines is 5. The lowest BCUT2D eigenvalue weighted by Crippen LogP contribution is -2.60. The van der Waals surface area contributed by atoms with Crippen LogP contribution in [0.2, 0.25) is 0 Å². The van der Waals surface area contributed by atoms with Crippen molar-refractivity contribution in [3.05, 3.63) is 127 Å². The first-order chi connectivity index (χ1) is 32.0. The number of amides is 5. The van der Waals surface area contributed by atoms with Crippen molar-refractivity contribution < 1.29 is 33.9 Å². The number of imidazole rings is 3. The Morgan fingerprint density at radius 1 is 0.606 bits per heavy atom. The number of hydrogen-bond donors (Lipinski definition) is 11. The Morgan fingerprint density at radius 2 is 1.05 bits per heavy atom. The van der Waals surface area contributed by atoms with E-state index in [1.165, 1.54) is 36.3 Å². The Hall–Kier alpha value is -8.07. The number of rotatable bonds is 20. The highest BCUT2D eigenvalue weighted by Gasteiger charge is 2.39. The summed E-state index contributed by atoms with van der Waals surface area (Å²) in [6.45, 7) is 0.188. The predicted octanol–water partition coefficient (Wildman–Crippen LogP) is 0.674. The van der Waals surface area contributed by atoms with Gasteiger partial charge in [0.05, 0.1) is 25.0 Å². The van der Waals surface area contributed by atoms with Gasteiger partial charge in [-0.25, -0.2) is 19.7 Å². The minimum absolute atomic E-state index is 0.0217. The van der Waals surface area contributed by atoms with Crippen LogP contribution in [0.3, 0.4) is 0 Å². The minimum atomic E-state index is -1.33. The van der Waals surface area contributed by atoms with E-state index in [9.17, 15) is 33.9 Å². The van der Waals surface area contributed by atoms with E-state index < -0.39 is 71.8 Å². The highest BCUT2D eigenvalue weighted by atomic mass is 16.4. The third-order valence-corrected chi connectivity index (χ3v) is 11.8. The number of aromatic nitrogens is 8. The standard InChI is InChI=1S/C45H50N14O7/c46-32(14-27-19-47-22-52-27)40(60)55-35(12-25-17-50-33-8-3-1-6-30(25)33)41(61)57-37(15-28-20-48-23-53-28)43(63)56-36(13-26-18-51-34-9-4-2-7-31(26)34)42(62)58-38(16-29-21-49-24-54-29)44(64)59-11-5-10-39(59)45(65)66/h1-4,6-9,17-24,32,35-39,50-51H,5,10-16,46H2,(H,47,52)(H,48,53)(H,49,54)(H,55,60)(H,56,63)(H,57,61)(H,58,62)(H,65,66). The number of hydrogen-bond acceptors (Lipinski definition) is 10. The van der Waals surface area contributed by atoms with E-state index in [1.807, 2.05) is 48.5 Å². The molecule has 0 radical (unpaired) electrons. The quantitative estimate of drug-likeness (QED) is 0.0505. The average molecular weight is 899 g/mol. The molecule has 7 aromatic rings. The van der Waals surface area contributed by atoms with E-state index in [-0.39, 0.29) is 45.1 Å². The van der Waals surface area contributed by atoms with Crippen LogP contribution < -0.4 is 27.0 Å². The van der Waals surface area contributed by atoms with Crippen LogP contribution in [0.4, 0.5) is 0 Å². The molecule has 1 fully saturated rings. The molecule has 6 heterocycles. The zero-order valence-corrected chi connectivity index (χ0v) is 35.6. The summed E-state index contributed by atoms with van der Waals surface area (Å²) in [6, 6.07) is 7.68. The molecule has 0 spiro atoms. The summed E-state index contributed by atoms with van der Waals surface area (Å²) in [5.74, 6) is -4.56. The monoisotopic (exact) mass is 898 g/mol. The molecule has 2 aromatic carbocycles. The Balaban J connectivity index is 1.08. The van der Waals surface area contributed by atoms with Crippen LogP contribution in [0.25, 0.3) is 21.8 Å². The molecule has 1 aliphatic heterocycles. The SMILES string of the molecule is NC(Cc1cnc[nH]1)C(=O)NC(Cc1c[nH]c2ccccc12)C(=O)NC(Cc1cnc[nH]1)C(=O)NC(Cc1c[nH]c2ccccc12)C(=O)NC(Cc1cnc[nH]1)C(=O)N1CCCC1C(=O)O. The lowest BCUT2D eigenvalue weighted by molar-refractivity contribution is -0.149. The Labute approximate surface area is 376 Å². The van der Waals surface area contributed by atoms with Crippen LogP contribution in [-0.4, -0.2) is 128 Å².